The van der Waals surface area contributed by atoms with Gasteiger partial charge in [-0.2, -0.15) is 5.26 Å². The molecule has 4 aromatic rings. The summed E-state index contributed by atoms with van der Waals surface area (Å²) in [7, 11) is 0. The van der Waals surface area contributed by atoms with E-state index in [0.717, 1.165) is 33.1 Å². The minimum absolute atomic E-state index is 0.390. The molecule has 4 nitrogen and oxygen atoms in total. The fourth-order valence-corrected chi connectivity index (χ4v) is 2.75. The Balaban J connectivity index is 2.00. The molecule has 3 aromatic heterocycles. The van der Waals surface area contributed by atoms with Gasteiger partial charge in [0, 0.05) is 27.6 Å². The summed E-state index contributed by atoms with van der Waals surface area (Å²) in [5, 5.41) is 11.6. The van der Waals surface area contributed by atoms with Crippen LogP contribution in [0.15, 0.2) is 48.8 Å². The number of halogens is 1. The Hall–Kier alpha value is -2.90. The molecule has 1 aromatic carbocycles. The van der Waals surface area contributed by atoms with Gasteiger partial charge < -0.3 is 4.98 Å². The normalized spacial score (nSPS) is 10.9. The van der Waals surface area contributed by atoms with E-state index >= 15 is 0 Å². The average molecular weight is 305 g/mol. The summed E-state index contributed by atoms with van der Waals surface area (Å²) in [6.07, 6.45) is 3.47. The van der Waals surface area contributed by atoms with Crippen LogP contribution in [0.25, 0.3) is 33.1 Å². The first-order valence-corrected chi connectivity index (χ1v) is 7.06. The highest BCUT2D eigenvalue weighted by Gasteiger charge is 2.09. The van der Waals surface area contributed by atoms with Gasteiger partial charge >= 0.3 is 0 Å². The van der Waals surface area contributed by atoms with Gasteiger partial charge in [-0.25, -0.2) is 9.97 Å². The van der Waals surface area contributed by atoms with Gasteiger partial charge in [0.25, 0.3) is 0 Å². The molecule has 0 saturated heterocycles. The maximum absolute atomic E-state index is 9.02. The molecule has 0 aliphatic carbocycles. The third-order valence-electron chi connectivity index (χ3n) is 3.61. The molecule has 0 aliphatic heterocycles. The Morgan fingerprint density at radius 3 is 2.73 bits per heavy atom. The minimum Gasteiger partial charge on any atom is -0.338 e. The quantitative estimate of drug-likeness (QED) is 0.570. The zero-order chi connectivity index (χ0) is 15.1. The molecule has 104 valence electrons. The molecule has 0 unspecified atom stereocenters. The summed E-state index contributed by atoms with van der Waals surface area (Å²) in [5.41, 5.74) is 4.01. The van der Waals surface area contributed by atoms with Crippen LogP contribution in [0.5, 0.6) is 0 Å². The van der Waals surface area contributed by atoms with Crippen LogP contribution < -0.4 is 0 Å². The summed E-state index contributed by atoms with van der Waals surface area (Å²) >= 11 is 6.06. The number of aromatic nitrogens is 3. The summed E-state index contributed by atoms with van der Waals surface area (Å²) in [5.74, 6) is 0. The molecule has 0 spiro atoms. The van der Waals surface area contributed by atoms with Gasteiger partial charge in [0.1, 0.15) is 17.4 Å². The zero-order valence-corrected chi connectivity index (χ0v) is 12.1. The van der Waals surface area contributed by atoms with Crippen LogP contribution in [-0.2, 0) is 0 Å². The highest BCUT2D eigenvalue weighted by Crippen LogP contribution is 2.29. The number of hydrogen-bond acceptors (Lipinski definition) is 3. The van der Waals surface area contributed by atoms with Crippen LogP contribution in [-0.4, -0.2) is 15.0 Å². The maximum Gasteiger partial charge on any atom is 0.141 e. The lowest BCUT2D eigenvalue weighted by atomic mass is 10.1. The molecule has 0 aliphatic rings. The van der Waals surface area contributed by atoms with Gasteiger partial charge in [-0.15, -0.1) is 0 Å². The Morgan fingerprint density at radius 2 is 1.91 bits per heavy atom. The molecule has 22 heavy (non-hydrogen) atoms. The number of H-pyrrole nitrogens is 1. The predicted octanol–water partition coefficient (Wildman–Crippen LogP) is 4.30. The average Bonchev–Trinajstić information content (AvgIpc) is 2.91. The van der Waals surface area contributed by atoms with E-state index in [4.69, 9.17) is 16.9 Å². The number of nitrogens with one attached hydrogen (secondary N) is 1. The number of hydrogen-bond donors (Lipinski definition) is 1. The second kappa shape index (κ2) is 4.83. The predicted molar refractivity (Wildman–Crippen MR) is 86.6 cm³/mol. The highest BCUT2D eigenvalue weighted by molar-refractivity contribution is 6.30. The first kappa shape index (κ1) is 12.8. The first-order chi connectivity index (χ1) is 10.7. The standard InChI is InChI=1S/C17H9ClN4/c18-12-3-1-2-10(4-12)11-5-15-14-6-13(7-19)20-9-16(14)22-17(15)21-8-11/h1-6,8-9H,(H,21,22). The molecule has 0 saturated carbocycles. The lowest BCUT2D eigenvalue weighted by Crippen LogP contribution is -1.82. The third-order valence-corrected chi connectivity index (χ3v) is 3.84. The highest BCUT2D eigenvalue weighted by atomic mass is 35.5. The lowest BCUT2D eigenvalue weighted by Gasteiger charge is -2.02. The second-order valence-electron chi connectivity index (χ2n) is 4.98. The number of aromatic amines is 1. The third kappa shape index (κ3) is 2.00. The van der Waals surface area contributed by atoms with Crippen LogP contribution in [0.3, 0.4) is 0 Å². The SMILES string of the molecule is N#Cc1cc2c(cn1)[nH]c1ncc(-c3cccc(Cl)c3)cc12. The van der Waals surface area contributed by atoms with Crippen molar-refractivity contribution < 1.29 is 0 Å². The van der Waals surface area contributed by atoms with E-state index in [9.17, 15) is 0 Å². The van der Waals surface area contributed by atoms with Crippen LogP contribution >= 0.6 is 11.6 Å². The number of rotatable bonds is 1. The first-order valence-electron chi connectivity index (χ1n) is 6.68. The number of benzene rings is 1. The van der Waals surface area contributed by atoms with E-state index in [1.165, 1.54) is 0 Å². The topological polar surface area (TPSA) is 65.4 Å². The lowest BCUT2D eigenvalue weighted by molar-refractivity contribution is 1.27. The molecule has 4 rings (SSSR count). The molecule has 5 heteroatoms. The maximum atomic E-state index is 9.02. The van der Waals surface area contributed by atoms with Crippen molar-refractivity contribution in [2.24, 2.45) is 0 Å². The van der Waals surface area contributed by atoms with E-state index in [0.29, 0.717) is 10.7 Å². The second-order valence-corrected chi connectivity index (χ2v) is 5.42. The van der Waals surface area contributed by atoms with E-state index < -0.39 is 0 Å². The Kier molecular flexibility index (Phi) is 2.81. The number of fused-ring (bicyclic) bond motifs is 3. The van der Waals surface area contributed by atoms with Crippen LogP contribution in [0, 0.1) is 11.3 Å². The summed E-state index contributed by atoms with van der Waals surface area (Å²) in [6, 6.07) is 13.5. The van der Waals surface area contributed by atoms with Crippen LogP contribution in [0.2, 0.25) is 5.02 Å². The fourth-order valence-electron chi connectivity index (χ4n) is 2.56. The van der Waals surface area contributed by atoms with Crippen LogP contribution in [0.4, 0.5) is 0 Å². The van der Waals surface area contributed by atoms with Gasteiger partial charge in [0.05, 0.1) is 11.7 Å². The van der Waals surface area contributed by atoms with Crippen LogP contribution in [0.1, 0.15) is 5.69 Å². The molecule has 0 amide bonds. The Labute approximate surface area is 131 Å². The Bertz CT molecular complexity index is 1060. The Morgan fingerprint density at radius 1 is 1.00 bits per heavy atom. The van der Waals surface area contributed by atoms with Gasteiger partial charge in [-0.1, -0.05) is 23.7 Å². The largest absolute Gasteiger partial charge is 0.338 e. The van der Waals surface area contributed by atoms with E-state index in [1.807, 2.05) is 36.5 Å². The molecule has 0 bridgehead atoms. The van der Waals surface area contributed by atoms with Crippen molar-refractivity contribution in [1.82, 2.24) is 15.0 Å². The molecular weight excluding hydrogens is 296 g/mol. The molecular formula is C17H9ClN4. The van der Waals surface area contributed by atoms with Crippen molar-refractivity contribution in [3.63, 3.8) is 0 Å². The van der Waals surface area contributed by atoms with E-state index in [2.05, 4.69) is 21.0 Å². The van der Waals surface area contributed by atoms with Crippen molar-refractivity contribution in [3.8, 4) is 17.2 Å². The molecule has 0 radical (unpaired) electrons. The summed E-state index contributed by atoms with van der Waals surface area (Å²) in [6.45, 7) is 0. The monoisotopic (exact) mass is 304 g/mol. The van der Waals surface area contributed by atoms with E-state index in [-0.39, 0.29) is 0 Å². The van der Waals surface area contributed by atoms with Crippen molar-refractivity contribution >= 4 is 33.5 Å². The minimum atomic E-state index is 0.390. The smallest absolute Gasteiger partial charge is 0.141 e. The molecule has 0 fully saturated rings. The van der Waals surface area contributed by atoms with Gasteiger partial charge in [-0.3, -0.25) is 0 Å². The van der Waals surface area contributed by atoms with Gasteiger partial charge in [0.2, 0.25) is 0 Å². The number of nitrogens with zero attached hydrogens (tertiary/aromatic N) is 3. The van der Waals surface area contributed by atoms with Crippen molar-refractivity contribution in [1.29, 1.82) is 5.26 Å². The number of pyridine rings is 2. The molecule has 0 atom stereocenters. The van der Waals surface area contributed by atoms with Gasteiger partial charge in [0.15, 0.2) is 0 Å². The van der Waals surface area contributed by atoms with Crippen molar-refractivity contribution in [2.75, 3.05) is 0 Å². The zero-order valence-electron chi connectivity index (χ0n) is 11.3. The number of nitriles is 1. The van der Waals surface area contributed by atoms with E-state index in [1.54, 1.807) is 12.3 Å². The van der Waals surface area contributed by atoms with Crippen molar-refractivity contribution in [3.05, 3.63) is 59.5 Å². The molecule has 1 N–H and O–H groups in total. The summed E-state index contributed by atoms with van der Waals surface area (Å²) in [4.78, 5) is 11.8. The molecule has 3 heterocycles. The van der Waals surface area contributed by atoms with Crippen molar-refractivity contribution in [2.45, 2.75) is 0 Å². The fraction of sp³-hybridized carbons (Fsp3) is 0. The summed E-state index contributed by atoms with van der Waals surface area (Å²) < 4.78 is 0. The van der Waals surface area contributed by atoms with Gasteiger partial charge in [-0.05, 0) is 29.8 Å².